The van der Waals surface area contributed by atoms with Crippen LogP contribution in [0.5, 0.6) is 11.5 Å². The molecule has 0 saturated carbocycles. The molecule has 0 aliphatic carbocycles. The minimum Gasteiger partial charge on any atom is -0.493 e. The van der Waals surface area contributed by atoms with Crippen LogP contribution in [-0.2, 0) is 10.9 Å². The zero-order valence-electron chi connectivity index (χ0n) is 19.8. The maximum absolute atomic E-state index is 14.7. The number of aryl methyl sites for hydroxylation is 1. The Kier molecular flexibility index (Phi) is 8.00. The Bertz CT molecular complexity index is 1280. The lowest BCUT2D eigenvalue weighted by Crippen LogP contribution is -2.36. The van der Waals surface area contributed by atoms with Crippen molar-refractivity contribution in [1.29, 1.82) is 0 Å². The second kappa shape index (κ2) is 10.5. The Morgan fingerprint density at radius 2 is 1.62 bits per heavy atom. The van der Waals surface area contributed by atoms with Gasteiger partial charge < -0.3 is 19.5 Å². The molecule has 0 spiro atoms. The number of hydrogen-bond acceptors (Lipinski definition) is 6. The van der Waals surface area contributed by atoms with E-state index < -0.39 is 53.9 Å². The molecule has 1 aromatic heterocycles. The number of anilines is 1. The summed E-state index contributed by atoms with van der Waals surface area (Å²) in [6.45, 7) is 1.88. The van der Waals surface area contributed by atoms with Gasteiger partial charge in [0.25, 0.3) is 0 Å². The second-order valence-electron chi connectivity index (χ2n) is 7.94. The van der Waals surface area contributed by atoms with Gasteiger partial charge in [-0.15, -0.1) is 0 Å². The van der Waals surface area contributed by atoms with Gasteiger partial charge in [-0.05, 0) is 32.0 Å². The van der Waals surface area contributed by atoms with Crippen molar-refractivity contribution in [3.05, 3.63) is 52.9 Å². The molecule has 6 nitrogen and oxygen atoms in total. The first-order valence-corrected chi connectivity index (χ1v) is 10.6. The van der Waals surface area contributed by atoms with Crippen LogP contribution in [-0.4, -0.2) is 43.1 Å². The predicted molar refractivity (Wildman–Crippen MR) is 117 cm³/mol. The number of alkyl halides is 6. The van der Waals surface area contributed by atoms with Crippen molar-refractivity contribution >= 4 is 16.7 Å². The number of fused-ring (bicyclic) bond motifs is 1. The van der Waals surface area contributed by atoms with E-state index >= 15 is 0 Å². The number of halogens is 8. The zero-order chi connectivity index (χ0) is 27.7. The number of methoxy groups -OCH3 is 2. The van der Waals surface area contributed by atoms with Gasteiger partial charge in [-0.1, -0.05) is 0 Å². The summed E-state index contributed by atoms with van der Waals surface area (Å²) in [6, 6.07) is 2.07. The molecule has 37 heavy (non-hydrogen) atoms. The fraction of sp³-hybridized carbons (Fsp3) is 0.391. The van der Waals surface area contributed by atoms with Gasteiger partial charge in [-0.25, -0.2) is 18.7 Å². The maximum Gasteiger partial charge on any atom is 0.419 e. The summed E-state index contributed by atoms with van der Waals surface area (Å²) < 4.78 is 122. The Morgan fingerprint density at radius 3 is 2.19 bits per heavy atom. The highest BCUT2D eigenvalue weighted by Crippen LogP contribution is 2.38. The first-order chi connectivity index (χ1) is 17.1. The molecular formula is C23H21F8N3O3. The van der Waals surface area contributed by atoms with Gasteiger partial charge in [0.15, 0.2) is 17.6 Å². The Balaban J connectivity index is 2.04. The average Bonchev–Trinajstić information content (AvgIpc) is 2.78. The van der Waals surface area contributed by atoms with Gasteiger partial charge in [0.2, 0.25) is 0 Å². The molecule has 1 N–H and O–H groups in total. The predicted octanol–water partition coefficient (Wildman–Crippen LogP) is 6.37. The number of ether oxygens (including phenoxy) is 3. The molecule has 14 heteroatoms. The molecule has 3 aromatic rings. The molecule has 0 aliphatic heterocycles. The summed E-state index contributed by atoms with van der Waals surface area (Å²) in [6.07, 6.45) is -12.1. The van der Waals surface area contributed by atoms with Crippen LogP contribution < -0.4 is 14.8 Å². The highest BCUT2D eigenvalue weighted by atomic mass is 19.4. The van der Waals surface area contributed by atoms with Crippen LogP contribution in [0.1, 0.15) is 29.9 Å². The molecule has 0 fully saturated rings. The van der Waals surface area contributed by atoms with E-state index in [1.54, 1.807) is 0 Å². The second-order valence-corrected chi connectivity index (χ2v) is 7.94. The van der Waals surface area contributed by atoms with Gasteiger partial charge in [-0.3, -0.25) is 0 Å². The quantitative estimate of drug-likeness (QED) is 0.336. The van der Waals surface area contributed by atoms with Crippen LogP contribution in [0.15, 0.2) is 24.3 Å². The Hall–Kier alpha value is -3.42. The SMILES string of the molecule is COc1cc2nc(C)nc(N[C@H](C)c3cc(F)cc(C(F)(F)F)c3F)c2cc1OCC(OC)C(F)(F)F. The van der Waals surface area contributed by atoms with Crippen molar-refractivity contribution in [1.82, 2.24) is 9.97 Å². The van der Waals surface area contributed by atoms with Crippen LogP contribution in [0.4, 0.5) is 40.9 Å². The van der Waals surface area contributed by atoms with E-state index in [-0.39, 0.29) is 40.1 Å². The van der Waals surface area contributed by atoms with Gasteiger partial charge >= 0.3 is 12.4 Å². The monoisotopic (exact) mass is 539 g/mol. The van der Waals surface area contributed by atoms with Crippen LogP contribution in [0, 0.1) is 18.6 Å². The normalized spacial score (nSPS) is 13.9. The Morgan fingerprint density at radius 1 is 0.946 bits per heavy atom. The molecule has 0 radical (unpaired) electrons. The third-order valence-corrected chi connectivity index (χ3v) is 5.32. The van der Waals surface area contributed by atoms with Crippen LogP contribution in [0.25, 0.3) is 10.9 Å². The lowest BCUT2D eigenvalue weighted by molar-refractivity contribution is -0.219. The van der Waals surface area contributed by atoms with Crippen molar-refractivity contribution in [2.75, 3.05) is 26.1 Å². The van der Waals surface area contributed by atoms with Crippen LogP contribution in [0.3, 0.4) is 0 Å². The molecule has 1 unspecified atom stereocenters. The van der Waals surface area contributed by atoms with E-state index in [1.165, 1.54) is 33.1 Å². The minimum absolute atomic E-state index is 0.0150. The molecule has 2 aromatic carbocycles. The van der Waals surface area contributed by atoms with Gasteiger partial charge in [0, 0.05) is 24.1 Å². The summed E-state index contributed by atoms with van der Waals surface area (Å²) in [7, 11) is 2.13. The zero-order valence-corrected chi connectivity index (χ0v) is 19.8. The van der Waals surface area contributed by atoms with Crippen molar-refractivity contribution in [2.24, 2.45) is 0 Å². The molecule has 3 rings (SSSR count). The number of hydrogen-bond donors (Lipinski definition) is 1. The number of aromatic nitrogens is 2. The summed E-state index contributed by atoms with van der Waals surface area (Å²) in [5.41, 5.74) is -2.14. The highest BCUT2D eigenvalue weighted by Gasteiger charge is 2.41. The molecule has 2 atom stereocenters. The molecule has 202 valence electrons. The molecule has 1 heterocycles. The highest BCUT2D eigenvalue weighted by molar-refractivity contribution is 5.92. The molecule has 0 saturated heterocycles. The van der Waals surface area contributed by atoms with E-state index in [0.717, 1.165) is 7.11 Å². The third kappa shape index (κ3) is 6.29. The summed E-state index contributed by atoms with van der Waals surface area (Å²) in [5, 5.41) is 2.90. The molecular weight excluding hydrogens is 518 g/mol. The van der Waals surface area contributed by atoms with Crippen molar-refractivity contribution in [3.8, 4) is 11.5 Å². The minimum atomic E-state index is -5.13. The maximum atomic E-state index is 14.7. The smallest absolute Gasteiger partial charge is 0.419 e. The van der Waals surface area contributed by atoms with Gasteiger partial charge in [0.05, 0.1) is 24.2 Å². The number of nitrogens with one attached hydrogen (secondary N) is 1. The largest absolute Gasteiger partial charge is 0.493 e. The number of benzene rings is 2. The van der Waals surface area contributed by atoms with Crippen molar-refractivity contribution < 1.29 is 49.3 Å². The van der Waals surface area contributed by atoms with E-state index in [1.807, 2.05) is 0 Å². The lowest BCUT2D eigenvalue weighted by Gasteiger charge is -2.21. The van der Waals surface area contributed by atoms with E-state index in [4.69, 9.17) is 9.47 Å². The molecule has 0 aliphatic rings. The average molecular weight is 539 g/mol. The van der Waals surface area contributed by atoms with Crippen LogP contribution in [0.2, 0.25) is 0 Å². The van der Waals surface area contributed by atoms with Gasteiger partial charge in [-0.2, -0.15) is 26.3 Å². The summed E-state index contributed by atoms with van der Waals surface area (Å²) >= 11 is 0. The van der Waals surface area contributed by atoms with Crippen LogP contribution >= 0.6 is 0 Å². The molecule has 0 bridgehead atoms. The van der Waals surface area contributed by atoms with Crippen molar-refractivity contribution in [3.63, 3.8) is 0 Å². The standard InChI is InChI=1S/C23H21F8N3O3/c1-10(13-5-12(24)6-15(20(13)25)22(26,27)28)32-21-14-7-18(37-9-19(36-4)23(29,30)31)17(35-3)8-16(14)33-11(2)34-21/h5-8,10,19H,9H2,1-4H3,(H,32,33,34)/t10-,19?/m1/s1. The summed E-state index contributed by atoms with van der Waals surface area (Å²) in [5.74, 6) is -2.87. The first-order valence-electron chi connectivity index (χ1n) is 10.6. The number of nitrogens with zero attached hydrogens (tertiary/aromatic N) is 2. The van der Waals surface area contributed by atoms with Crippen molar-refractivity contribution in [2.45, 2.75) is 38.3 Å². The Labute approximate surface area is 205 Å². The fourth-order valence-corrected chi connectivity index (χ4v) is 3.51. The lowest BCUT2D eigenvalue weighted by atomic mass is 10.0. The third-order valence-electron chi connectivity index (χ3n) is 5.32. The fourth-order valence-electron chi connectivity index (χ4n) is 3.51. The van der Waals surface area contributed by atoms with E-state index in [2.05, 4.69) is 20.0 Å². The number of rotatable bonds is 8. The summed E-state index contributed by atoms with van der Waals surface area (Å²) in [4.78, 5) is 8.40. The molecule has 0 amide bonds. The first kappa shape index (κ1) is 28.2. The van der Waals surface area contributed by atoms with E-state index in [0.29, 0.717) is 6.07 Å². The topological polar surface area (TPSA) is 65.5 Å². The van der Waals surface area contributed by atoms with E-state index in [9.17, 15) is 35.1 Å². The van der Waals surface area contributed by atoms with Gasteiger partial charge in [0.1, 0.15) is 29.9 Å².